The zero-order chi connectivity index (χ0) is 21.4. The van der Waals surface area contributed by atoms with E-state index in [1.54, 1.807) is 11.3 Å². The summed E-state index contributed by atoms with van der Waals surface area (Å²) in [5, 5.41) is 2.04. The summed E-state index contributed by atoms with van der Waals surface area (Å²) in [6.45, 7) is 11.0. The minimum atomic E-state index is -0.353. The number of fused-ring (bicyclic) bond motifs is 1. The van der Waals surface area contributed by atoms with E-state index >= 15 is 0 Å². The van der Waals surface area contributed by atoms with Gasteiger partial charge in [0.1, 0.15) is 0 Å². The molecule has 0 bridgehead atoms. The Morgan fingerprint density at radius 2 is 1.80 bits per heavy atom. The van der Waals surface area contributed by atoms with E-state index in [1.165, 1.54) is 0 Å². The molecule has 0 saturated carbocycles. The Kier molecular flexibility index (Phi) is 6.01. The van der Waals surface area contributed by atoms with E-state index in [1.807, 2.05) is 40.6 Å². The van der Waals surface area contributed by atoms with Gasteiger partial charge in [-0.1, -0.05) is 52.0 Å². The van der Waals surface area contributed by atoms with Crippen molar-refractivity contribution in [3.63, 3.8) is 0 Å². The maximum absolute atomic E-state index is 14.0. The molecule has 2 aromatic rings. The maximum Gasteiger partial charge on any atom is 0.254 e. The fraction of sp³-hybridized carbons (Fsp3) is 0.520. The van der Waals surface area contributed by atoms with Crippen LogP contribution in [-0.2, 0) is 4.79 Å². The molecule has 4 atom stereocenters. The van der Waals surface area contributed by atoms with Crippen LogP contribution >= 0.6 is 11.3 Å². The molecule has 2 aliphatic heterocycles. The van der Waals surface area contributed by atoms with Crippen molar-refractivity contribution in [3.05, 3.63) is 57.8 Å². The third-order valence-electron chi connectivity index (χ3n) is 6.28. The lowest BCUT2D eigenvalue weighted by atomic mass is 9.80. The van der Waals surface area contributed by atoms with Crippen LogP contribution in [0.15, 0.2) is 41.8 Å². The second kappa shape index (κ2) is 8.54. The number of hydrogen-bond acceptors (Lipinski definition) is 3. The van der Waals surface area contributed by atoms with Crippen molar-refractivity contribution < 1.29 is 9.59 Å². The van der Waals surface area contributed by atoms with Crippen molar-refractivity contribution in [1.29, 1.82) is 0 Å². The van der Waals surface area contributed by atoms with Crippen molar-refractivity contribution in [2.24, 2.45) is 17.8 Å². The average molecular weight is 425 g/mol. The van der Waals surface area contributed by atoms with E-state index < -0.39 is 0 Å². The zero-order valence-electron chi connectivity index (χ0n) is 18.4. The van der Waals surface area contributed by atoms with Gasteiger partial charge in [0.25, 0.3) is 5.91 Å². The van der Waals surface area contributed by atoms with Crippen molar-refractivity contribution in [1.82, 2.24) is 9.80 Å². The second-order valence-electron chi connectivity index (χ2n) is 9.57. The second-order valence-corrected chi connectivity index (χ2v) is 10.5. The largest absolute Gasteiger partial charge is 0.342 e. The number of piperidine rings is 1. The van der Waals surface area contributed by atoms with Crippen molar-refractivity contribution in [2.75, 3.05) is 19.6 Å². The topological polar surface area (TPSA) is 40.6 Å². The Labute approximate surface area is 183 Å². The lowest BCUT2D eigenvalue weighted by Crippen LogP contribution is -2.51. The van der Waals surface area contributed by atoms with E-state index in [4.69, 9.17) is 0 Å². The first kappa shape index (κ1) is 21.1. The molecule has 1 aromatic heterocycles. The van der Waals surface area contributed by atoms with Crippen LogP contribution in [0.25, 0.3) is 0 Å². The third-order valence-corrected chi connectivity index (χ3v) is 7.22. The van der Waals surface area contributed by atoms with E-state index in [-0.39, 0.29) is 23.8 Å². The number of rotatable bonds is 4. The molecule has 0 N–H and O–H groups in total. The van der Waals surface area contributed by atoms with Crippen LogP contribution in [0.1, 0.15) is 66.9 Å². The van der Waals surface area contributed by atoms with Crippen LogP contribution in [-0.4, -0.2) is 41.2 Å². The minimum Gasteiger partial charge on any atom is -0.342 e. The molecule has 0 spiro atoms. The molecule has 3 heterocycles. The smallest absolute Gasteiger partial charge is 0.254 e. The number of carbonyl (C=O) groups excluding carboxylic acids is 2. The molecule has 2 amide bonds. The van der Waals surface area contributed by atoms with Crippen molar-refractivity contribution >= 4 is 23.2 Å². The van der Waals surface area contributed by atoms with Gasteiger partial charge < -0.3 is 9.80 Å². The van der Waals surface area contributed by atoms with Gasteiger partial charge in [0.2, 0.25) is 5.91 Å². The Bertz CT molecular complexity index is 898. The SMILES string of the molecule is CC(C)CN1C(=O)c2ccccc2[C@H](C(=O)N2C[C@H](C)C[C@@H](C)C2)[C@@H]1c1cccs1. The summed E-state index contributed by atoms with van der Waals surface area (Å²) in [5.74, 6) is 1.19. The number of nitrogens with zero attached hydrogens (tertiary/aromatic N) is 2. The molecule has 0 aliphatic carbocycles. The summed E-state index contributed by atoms with van der Waals surface area (Å²) in [7, 11) is 0. The molecule has 0 radical (unpaired) electrons. The molecule has 1 aromatic carbocycles. The Hall–Kier alpha value is -2.14. The van der Waals surface area contributed by atoms with Gasteiger partial charge in [0.15, 0.2) is 0 Å². The monoisotopic (exact) mass is 424 g/mol. The van der Waals surface area contributed by atoms with Crippen LogP contribution in [0.4, 0.5) is 0 Å². The standard InChI is InChI=1S/C25H32N2O2S/c1-16(2)13-27-23(21-10-7-11-30-21)22(19-8-5-6-9-20(19)24(27)28)25(29)26-14-17(3)12-18(4)15-26/h5-11,16-18,22-23H,12-15H2,1-4H3/t17-,18-,22+,23+/m1/s1. The van der Waals surface area contributed by atoms with Gasteiger partial charge in [-0.2, -0.15) is 0 Å². The highest BCUT2D eigenvalue weighted by atomic mass is 32.1. The van der Waals surface area contributed by atoms with E-state index in [2.05, 4.69) is 38.7 Å². The van der Waals surface area contributed by atoms with Gasteiger partial charge in [0.05, 0.1) is 12.0 Å². The highest BCUT2D eigenvalue weighted by Crippen LogP contribution is 2.45. The minimum absolute atomic E-state index is 0.0436. The number of carbonyl (C=O) groups is 2. The van der Waals surface area contributed by atoms with Crippen LogP contribution in [0.2, 0.25) is 0 Å². The molecule has 4 nitrogen and oxygen atoms in total. The molecule has 1 saturated heterocycles. The van der Waals surface area contributed by atoms with E-state index in [9.17, 15) is 9.59 Å². The quantitative estimate of drug-likeness (QED) is 0.678. The molecule has 2 aliphatic rings. The number of likely N-dealkylation sites (tertiary alicyclic amines) is 1. The number of hydrogen-bond donors (Lipinski definition) is 0. The lowest BCUT2D eigenvalue weighted by molar-refractivity contribution is -0.137. The summed E-state index contributed by atoms with van der Waals surface area (Å²) >= 11 is 1.64. The van der Waals surface area contributed by atoms with Gasteiger partial charge in [-0.3, -0.25) is 9.59 Å². The molecule has 30 heavy (non-hydrogen) atoms. The van der Waals surface area contributed by atoms with Crippen molar-refractivity contribution in [2.45, 2.75) is 46.1 Å². The first-order valence-corrected chi connectivity index (χ1v) is 12.0. The van der Waals surface area contributed by atoms with Gasteiger partial charge in [0, 0.05) is 30.1 Å². The Morgan fingerprint density at radius 3 is 2.43 bits per heavy atom. The molecule has 1 fully saturated rings. The molecular weight excluding hydrogens is 392 g/mol. The highest BCUT2D eigenvalue weighted by molar-refractivity contribution is 7.10. The van der Waals surface area contributed by atoms with Crippen LogP contribution in [0.3, 0.4) is 0 Å². The number of thiophene rings is 1. The predicted octanol–water partition coefficient (Wildman–Crippen LogP) is 5.19. The van der Waals surface area contributed by atoms with Gasteiger partial charge in [-0.05, 0) is 47.3 Å². The Balaban J connectivity index is 1.82. The summed E-state index contributed by atoms with van der Waals surface area (Å²) in [6, 6.07) is 11.6. The first-order valence-electron chi connectivity index (χ1n) is 11.1. The summed E-state index contributed by atoms with van der Waals surface area (Å²) < 4.78 is 0. The zero-order valence-corrected chi connectivity index (χ0v) is 19.2. The van der Waals surface area contributed by atoms with E-state index in [0.717, 1.165) is 30.0 Å². The number of benzene rings is 1. The van der Waals surface area contributed by atoms with Gasteiger partial charge in [-0.25, -0.2) is 0 Å². The van der Waals surface area contributed by atoms with Gasteiger partial charge >= 0.3 is 0 Å². The Morgan fingerprint density at radius 1 is 1.10 bits per heavy atom. The molecule has 160 valence electrons. The molecular formula is C25H32N2O2S. The van der Waals surface area contributed by atoms with Crippen LogP contribution < -0.4 is 0 Å². The summed E-state index contributed by atoms with van der Waals surface area (Å²) in [6.07, 6.45) is 1.16. The predicted molar refractivity (Wildman–Crippen MR) is 122 cm³/mol. The maximum atomic E-state index is 14.0. The first-order chi connectivity index (χ1) is 14.4. The fourth-order valence-electron chi connectivity index (χ4n) is 5.27. The fourth-order valence-corrected chi connectivity index (χ4v) is 6.14. The summed E-state index contributed by atoms with van der Waals surface area (Å²) in [4.78, 5) is 32.7. The number of amides is 2. The van der Waals surface area contributed by atoms with Crippen LogP contribution in [0, 0.1) is 17.8 Å². The lowest BCUT2D eigenvalue weighted by Gasteiger charge is -2.45. The average Bonchev–Trinajstić information content (AvgIpc) is 3.22. The van der Waals surface area contributed by atoms with Crippen LogP contribution in [0.5, 0.6) is 0 Å². The van der Waals surface area contributed by atoms with E-state index in [0.29, 0.717) is 29.9 Å². The molecule has 5 heteroatoms. The summed E-state index contributed by atoms with van der Waals surface area (Å²) in [5.41, 5.74) is 1.57. The third kappa shape index (κ3) is 3.92. The van der Waals surface area contributed by atoms with Crippen molar-refractivity contribution in [3.8, 4) is 0 Å². The molecule has 0 unspecified atom stereocenters. The highest BCUT2D eigenvalue weighted by Gasteiger charge is 2.46. The van der Waals surface area contributed by atoms with Gasteiger partial charge in [-0.15, -0.1) is 11.3 Å². The normalized spacial score (nSPS) is 26.8. The molecule has 4 rings (SSSR count).